The van der Waals surface area contributed by atoms with E-state index in [4.69, 9.17) is 10.6 Å². The van der Waals surface area contributed by atoms with Gasteiger partial charge < -0.3 is 26.1 Å². The van der Waals surface area contributed by atoms with Gasteiger partial charge in [0.2, 0.25) is 5.91 Å². The summed E-state index contributed by atoms with van der Waals surface area (Å²) in [5, 5.41) is 27.0. The molecular weight excluding hydrogens is 490 g/mol. The van der Waals surface area contributed by atoms with Crippen LogP contribution in [0.15, 0.2) is 16.8 Å². The molecule has 2 amide bonds. The number of carboxylic acid groups (broad SMARTS) is 1. The number of carboxylic acids is 1. The molecule has 0 aromatic carbocycles. The molecule has 210 valence electrons. The predicted octanol–water partition coefficient (Wildman–Crippen LogP) is 2.48. The van der Waals surface area contributed by atoms with Gasteiger partial charge in [0.1, 0.15) is 11.6 Å². The Balaban J connectivity index is 1.38. The van der Waals surface area contributed by atoms with E-state index in [1.165, 1.54) is 12.5 Å². The standard InChI is InChI=1S/C28H41N3O7/c1-16(32)28(37)13-10-21-19-5-4-17-14-18(8-11-26(17,2)20(19)9-12-27(21,28)3)31-38-15-24(34)30-22(25(35)36)6-7-23(29)33/h14,19-22,37H,4-13,15H2,1-3H3,(H2,29,33)(H,30,34)(H,35,36)/b31-18-/t19-,20+,21+,22-,26+,27+,28+/m1/s1. The number of allylic oxidation sites excluding steroid dienone is 2. The van der Waals surface area contributed by atoms with Crippen LogP contribution in [0.2, 0.25) is 0 Å². The predicted molar refractivity (Wildman–Crippen MR) is 139 cm³/mol. The van der Waals surface area contributed by atoms with Crippen molar-refractivity contribution in [2.24, 2.45) is 39.5 Å². The second kappa shape index (κ2) is 10.4. The Morgan fingerprint density at radius 1 is 1.13 bits per heavy atom. The van der Waals surface area contributed by atoms with Gasteiger partial charge in [-0.2, -0.15) is 0 Å². The summed E-state index contributed by atoms with van der Waals surface area (Å²) < 4.78 is 0. The highest BCUT2D eigenvalue weighted by Crippen LogP contribution is 2.67. The number of nitrogens with zero attached hydrogens (tertiary/aromatic N) is 1. The lowest BCUT2D eigenvalue weighted by atomic mass is 9.46. The summed E-state index contributed by atoms with van der Waals surface area (Å²) in [5.41, 5.74) is 5.64. The second-order valence-corrected chi connectivity index (χ2v) is 12.2. The number of amides is 2. The lowest BCUT2D eigenvalue weighted by Crippen LogP contribution is -2.57. The van der Waals surface area contributed by atoms with E-state index in [0.29, 0.717) is 30.6 Å². The highest BCUT2D eigenvalue weighted by Gasteiger charge is 2.65. The van der Waals surface area contributed by atoms with Crippen LogP contribution in [-0.2, 0) is 24.0 Å². The highest BCUT2D eigenvalue weighted by molar-refractivity contribution is 5.96. The Labute approximate surface area is 223 Å². The minimum atomic E-state index is -1.25. The molecule has 0 saturated heterocycles. The van der Waals surface area contributed by atoms with Crippen LogP contribution in [-0.4, -0.2) is 57.7 Å². The number of hydrogen-bond acceptors (Lipinski definition) is 7. The number of nitrogens with two attached hydrogens (primary N) is 1. The zero-order chi connectivity index (χ0) is 27.9. The first-order valence-electron chi connectivity index (χ1n) is 13.8. The van der Waals surface area contributed by atoms with Crippen LogP contribution in [0.1, 0.15) is 85.0 Å². The molecule has 4 aliphatic carbocycles. The topological polar surface area (TPSA) is 168 Å². The third kappa shape index (κ3) is 4.87. The van der Waals surface area contributed by atoms with Crippen molar-refractivity contribution in [3.8, 4) is 0 Å². The molecule has 3 fully saturated rings. The number of nitrogens with one attached hydrogen (secondary N) is 1. The molecule has 0 bridgehead atoms. The van der Waals surface area contributed by atoms with E-state index in [1.54, 1.807) is 0 Å². The normalized spacial score (nSPS) is 37.7. The van der Waals surface area contributed by atoms with E-state index in [1.807, 2.05) is 0 Å². The van der Waals surface area contributed by atoms with Gasteiger partial charge >= 0.3 is 5.97 Å². The van der Waals surface area contributed by atoms with Crippen LogP contribution in [0, 0.1) is 28.6 Å². The van der Waals surface area contributed by atoms with E-state index in [-0.39, 0.29) is 29.5 Å². The molecule has 0 aromatic heterocycles. The van der Waals surface area contributed by atoms with E-state index in [9.17, 15) is 29.4 Å². The van der Waals surface area contributed by atoms with E-state index < -0.39 is 36.0 Å². The molecule has 0 unspecified atom stereocenters. The Morgan fingerprint density at radius 3 is 2.50 bits per heavy atom. The molecule has 4 aliphatic rings. The third-order valence-electron chi connectivity index (χ3n) is 10.4. The first kappa shape index (κ1) is 28.3. The van der Waals surface area contributed by atoms with Gasteiger partial charge in [0.25, 0.3) is 5.91 Å². The molecule has 7 atom stereocenters. The lowest BCUT2D eigenvalue weighted by molar-refractivity contribution is -0.159. The second-order valence-electron chi connectivity index (χ2n) is 12.2. The van der Waals surface area contributed by atoms with Crippen LogP contribution in [0.4, 0.5) is 0 Å². The number of carbonyl (C=O) groups is 4. The number of hydrogen-bond donors (Lipinski definition) is 4. The Kier molecular flexibility index (Phi) is 7.76. The molecule has 0 radical (unpaired) electrons. The molecule has 0 aliphatic heterocycles. The first-order chi connectivity index (χ1) is 17.8. The van der Waals surface area contributed by atoms with Crippen LogP contribution < -0.4 is 11.1 Å². The lowest BCUT2D eigenvalue weighted by Gasteiger charge is -2.59. The summed E-state index contributed by atoms with van der Waals surface area (Å²) in [7, 11) is 0. The van der Waals surface area contributed by atoms with E-state index in [0.717, 1.165) is 44.2 Å². The molecule has 10 nitrogen and oxygen atoms in total. The van der Waals surface area contributed by atoms with Gasteiger partial charge in [-0.25, -0.2) is 4.79 Å². The average molecular weight is 532 g/mol. The minimum absolute atomic E-state index is 0.0344. The fourth-order valence-corrected chi connectivity index (χ4v) is 8.19. The molecule has 0 heterocycles. The number of primary amides is 1. The summed E-state index contributed by atoms with van der Waals surface area (Å²) in [4.78, 5) is 52.1. The smallest absolute Gasteiger partial charge is 0.326 e. The molecule has 3 saturated carbocycles. The molecule has 38 heavy (non-hydrogen) atoms. The van der Waals surface area contributed by atoms with Crippen LogP contribution in [0.3, 0.4) is 0 Å². The maximum absolute atomic E-state index is 12.4. The number of rotatable bonds is 9. The summed E-state index contributed by atoms with van der Waals surface area (Å²) in [6.07, 6.45) is 8.75. The van der Waals surface area contributed by atoms with Crippen LogP contribution in [0.25, 0.3) is 0 Å². The van der Waals surface area contributed by atoms with Crippen molar-refractivity contribution in [1.82, 2.24) is 5.32 Å². The van der Waals surface area contributed by atoms with Crippen molar-refractivity contribution < 1.29 is 34.2 Å². The van der Waals surface area contributed by atoms with Crippen molar-refractivity contribution >= 4 is 29.3 Å². The van der Waals surface area contributed by atoms with Gasteiger partial charge in [-0.15, -0.1) is 0 Å². The third-order valence-corrected chi connectivity index (χ3v) is 10.4. The monoisotopic (exact) mass is 531 g/mol. The van der Waals surface area contributed by atoms with E-state index in [2.05, 4.69) is 30.4 Å². The molecule has 4 rings (SSSR count). The van der Waals surface area contributed by atoms with E-state index >= 15 is 0 Å². The van der Waals surface area contributed by atoms with Crippen molar-refractivity contribution in [3.05, 3.63) is 11.6 Å². The fraction of sp³-hybridized carbons (Fsp3) is 0.750. The highest BCUT2D eigenvalue weighted by atomic mass is 16.6. The number of fused-ring (bicyclic) bond motifs is 5. The number of aliphatic hydroxyl groups is 1. The van der Waals surface area contributed by atoms with Crippen LogP contribution in [0.5, 0.6) is 0 Å². The number of carbonyl (C=O) groups excluding carboxylic acids is 3. The van der Waals surface area contributed by atoms with Crippen molar-refractivity contribution in [1.29, 1.82) is 0 Å². The zero-order valence-corrected chi connectivity index (χ0v) is 22.6. The van der Waals surface area contributed by atoms with Gasteiger partial charge in [-0.3, -0.25) is 14.4 Å². The number of aliphatic carboxylic acids is 1. The van der Waals surface area contributed by atoms with Gasteiger partial charge in [0.05, 0.1) is 5.71 Å². The minimum Gasteiger partial charge on any atom is -0.480 e. The van der Waals surface area contributed by atoms with Gasteiger partial charge in [0, 0.05) is 11.8 Å². The Hall–Kier alpha value is -2.75. The van der Waals surface area contributed by atoms with Gasteiger partial charge in [-0.1, -0.05) is 24.6 Å². The summed E-state index contributed by atoms with van der Waals surface area (Å²) in [5.74, 6) is -1.28. The molecule has 0 aromatic rings. The fourth-order valence-electron chi connectivity index (χ4n) is 8.19. The molecular formula is C28H41N3O7. The number of ketones is 1. The number of oxime groups is 1. The summed E-state index contributed by atoms with van der Waals surface area (Å²) in [6.45, 7) is 5.58. The zero-order valence-electron chi connectivity index (χ0n) is 22.6. The SMILES string of the molecule is CC(=O)[C@@]1(O)CC[C@H]2[C@@H]3CCC4=C/C(=N\OCC(=O)N[C@H](CCC(N)=O)C(=O)O)CC[C@]4(C)[C@H]3CC[C@@]21C. The quantitative estimate of drug-likeness (QED) is 0.331. The Morgan fingerprint density at radius 2 is 1.84 bits per heavy atom. The van der Waals surface area contributed by atoms with Crippen molar-refractivity contribution in [2.75, 3.05) is 6.61 Å². The van der Waals surface area contributed by atoms with Gasteiger partial charge in [0.15, 0.2) is 12.4 Å². The molecule has 0 spiro atoms. The molecule has 10 heteroatoms. The first-order valence-corrected chi connectivity index (χ1v) is 13.8. The van der Waals surface area contributed by atoms with Crippen molar-refractivity contribution in [3.63, 3.8) is 0 Å². The number of Topliss-reactive ketones (excluding diaryl/α,β-unsaturated/α-hetero) is 1. The Bertz CT molecular complexity index is 1070. The average Bonchev–Trinajstić information content (AvgIpc) is 3.13. The maximum Gasteiger partial charge on any atom is 0.326 e. The largest absolute Gasteiger partial charge is 0.480 e. The molecule has 5 N–H and O–H groups in total. The maximum atomic E-state index is 12.4. The van der Waals surface area contributed by atoms with Crippen molar-refractivity contribution in [2.45, 2.75) is 96.6 Å². The summed E-state index contributed by atoms with van der Waals surface area (Å²) >= 11 is 0. The summed E-state index contributed by atoms with van der Waals surface area (Å²) in [6, 6.07) is -1.22. The van der Waals surface area contributed by atoms with Crippen LogP contribution >= 0.6 is 0 Å². The van der Waals surface area contributed by atoms with Gasteiger partial charge in [-0.05, 0) is 94.0 Å².